The third-order valence-corrected chi connectivity index (χ3v) is 4.70. The number of nitrogens with one attached hydrogen (secondary N) is 1. The highest BCUT2D eigenvalue weighted by Gasteiger charge is 2.13. The largest absolute Gasteiger partial charge is 0.338 e. The predicted octanol–water partition coefficient (Wildman–Crippen LogP) is 3.53. The van der Waals surface area contributed by atoms with Gasteiger partial charge in [-0.2, -0.15) is 0 Å². The highest BCUT2D eigenvalue weighted by Crippen LogP contribution is 2.29. The van der Waals surface area contributed by atoms with Crippen molar-refractivity contribution in [3.8, 4) is 0 Å². The van der Waals surface area contributed by atoms with Gasteiger partial charge in [-0.25, -0.2) is 4.98 Å². The van der Waals surface area contributed by atoms with Crippen LogP contribution in [-0.4, -0.2) is 16.1 Å². The Labute approximate surface area is 120 Å². The van der Waals surface area contributed by atoms with Gasteiger partial charge < -0.3 is 9.88 Å². The Hall–Kier alpha value is -0.650. The molecule has 1 atom stereocenters. The summed E-state index contributed by atoms with van der Waals surface area (Å²) in [5.41, 5.74) is 0. The van der Waals surface area contributed by atoms with Crippen molar-refractivity contribution >= 4 is 27.3 Å². The van der Waals surface area contributed by atoms with Crippen LogP contribution in [0.15, 0.2) is 28.3 Å². The maximum absolute atomic E-state index is 4.38. The van der Waals surface area contributed by atoms with Crippen molar-refractivity contribution in [2.75, 3.05) is 6.54 Å². The maximum Gasteiger partial charge on any atom is 0.108 e. The van der Waals surface area contributed by atoms with Crippen molar-refractivity contribution in [1.29, 1.82) is 0 Å². The van der Waals surface area contributed by atoms with E-state index in [4.69, 9.17) is 0 Å². The van der Waals surface area contributed by atoms with Crippen LogP contribution in [0, 0.1) is 0 Å². The number of aryl methyl sites for hydroxylation is 2. The summed E-state index contributed by atoms with van der Waals surface area (Å²) >= 11 is 5.33. The molecule has 0 bridgehead atoms. The molecule has 2 heterocycles. The van der Waals surface area contributed by atoms with Crippen molar-refractivity contribution in [2.24, 2.45) is 7.05 Å². The smallest absolute Gasteiger partial charge is 0.108 e. The van der Waals surface area contributed by atoms with Gasteiger partial charge in [0, 0.05) is 36.8 Å². The molecule has 0 aliphatic carbocycles. The van der Waals surface area contributed by atoms with Crippen LogP contribution in [0.4, 0.5) is 0 Å². The molecule has 0 aliphatic rings. The predicted molar refractivity (Wildman–Crippen MR) is 80.0 cm³/mol. The van der Waals surface area contributed by atoms with Gasteiger partial charge in [0.2, 0.25) is 0 Å². The summed E-state index contributed by atoms with van der Waals surface area (Å²) in [4.78, 5) is 5.76. The van der Waals surface area contributed by atoms with Gasteiger partial charge in [0.05, 0.1) is 3.79 Å². The Bertz CT molecular complexity index is 492. The van der Waals surface area contributed by atoms with Crippen molar-refractivity contribution in [3.05, 3.63) is 39.0 Å². The minimum Gasteiger partial charge on any atom is -0.338 e. The zero-order chi connectivity index (χ0) is 13.0. The van der Waals surface area contributed by atoms with Crippen molar-refractivity contribution in [3.63, 3.8) is 0 Å². The molecule has 2 aromatic heterocycles. The fourth-order valence-corrected chi connectivity index (χ4v) is 3.55. The van der Waals surface area contributed by atoms with Gasteiger partial charge in [0.25, 0.3) is 0 Å². The second-order valence-corrected chi connectivity index (χ2v) is 6.74. The van der Waals surface area contributed by atoms with Gasteiger partial charge in [-0.3, -0.25) is 0 Å². The number of hydrogen-bond acceptors (Lipinski definition) is 3. The Kier molecular flexibility index (Phi) is 4.97. The molecule has 98 valence electrons. The summed E-state index contributed by atoms with van der Waals surface area (Å²) in [6.45, 7) is 3.14. The summed E-state index contributed by atoms with van der Waals surface area (Å²) in [6.07, 6.45) is 5.93. The average Bonchev–Trinajstić information content (AvgIpc) is 2.94. The molecule has 0 saturated carbocycles. The Morgan fingerprint density at radius 3 is 2.89 bits per heavy atom. The van der Waals surface area contributed by atoms with E-state index in [1.165, 1.54) is 8.66 Å². The minimum atomic E-state index is 0.419. The van der Waals surface area contributed by atoms with Crippen LogP contribution in [0.25, 0.3) is 0 Å². The quantitative estimate of drug-likeness (QED) is 0.879. The number of nitrogens with zero attached hydrogens (tertiary/aromatic N) is 2. The van der Waals surface area contributed by atoms with E-state index in [1.54, 1.807) is 11.3 Å². The second kappa shape index (κ2) is 6.50. The van der Waals surface area contributed by atoms with E-state index in [-0.39, 0.29) is 0 Å². The second-order valence-electron chi connectivity index (χ2n) is 4.25. The highest BCUT2D eigenvalue weighted by atomic mass is 79.9. The molecule has 0 radical (unpaired) electrons. The molecule has 0 saturated heterocycles. The van der Waals surface area contributed by atoms with Crippen LogP contribution in [0.2, 0.25) is 0 Å². The van der Waals surface area contributed by atoms with E-state index in [1.807, 2.05) is 19.4 Å². The number of imidazole rings is 1. The van der Waals surface area contributed by atoms with E-state index in [0.717, 1.165) is 25.2 Å². The third-order valence-electron chi connectivity index (χ3n) is 2.97. The van der Waals surface area contributed by atoms with Crippen LogP contribution < -0.4 is 5.32 Å². The lowest BCUT2D eigenvalue weighted by atomic mass is 10.1. The van der Waals surface area contributed by atoms with Crippen LogP contribution in [-0.2, 0) is 13.5 Å². The lowest BCUT2D eigenvalue weighted by Gasteiger charge is -2.16. The zero-order valence-corrected chi connectivity index (χ0v) is 13.1. The molecule has 0 aromatic carbocycles. The van der Waals surface area contributed by atoms with Gasteiger partial charge in [0.1, 0.15) is 5.82 Å². The summed E-state index contributed by atoms with van der Waals surface area (Å²) in [7, 11) is 2.05. The molecule has 0 spiro atoms. The normalized spacial score (nSPS) is 12.8. The van der Waals surface area contributed by atoms with Crippen LogP contribution in [0.3, 0.4) is 0 Å². The molecule has 1 N–H and O–H groups in total. The lowest BCUT2D eigenvalue weighted by molar-refractivity contribution is 0.513. The first kappa shape index (κ1) is 13.8. The molecular weight excluding hydrogens is 310 g/mol. The van der Waals surface area contributed by atoms with Crippen molar-refractivity contribution in [2.45, 2.75) is 25.8 Å². The Morgan fingerprint density at radius 2 is 2.33 bits per heavy atom. The topological polar surface area (TPSA) is 29.9 Å². The minimum absolute atomic E-state index is 0.419. The number of hydrogen-bond donors (Lipinski definition) is 1. The lowest BCUT2D eigenvalue weighted by Crippen LogP contribution is -2.21. The summed E-state index contributed by atoms with van der Waals surface area (Å²) in [6, 6.07) is 4.73. The fourth-order valence-electron chi connectivity index (χ4n) is 2.02. The zero-order valence-electron chi connectivity index (χ0n) is 10.7. The standard InChI is InChI=1S/C13H18BrN3S/c1-3-15-10(11-5-6-12(14)18-11)4-7-13-16-8-9-17(13)2/h5-6,8-10,15H,3-4,7H2,1-2H3. The SMILES string of the molecule is CCNC(CCc1nccn1C)c1ccc(Br)s1. The number of halogens is 1. The molecule has 3 nitrogen and oxygen atoms in total. The fraction of sp³-hybridized carbons (Fsp3) is 0.462. The molecule has 0 amide bonds. The summed E-state index contributed by atoms with van der Waals surface area (Å²) in [5, 5.41) is 3.55. The number of thiophene rings is 1. The Balaban J connectivity index is 2.01. The summed E-state index contributed by atoms with van der Waals surface area (Å²) in [5.74, 6) is 1.15. The maximum atomic E-state index is 4.38. The third kappa shape index (κ3) is 3.43. The van der Waals surface area contributed by atoms with Gasteiger partial charge in [-0.15, -0.1) is 11.3 Å². The van der Waals surface area contributed by atoms with Crippen molar-refractivity contribution in [1.82, 2.24) is 14.9 Å². The first-order chi connectivity index (χ1) is 8.70. The van der Waals surface area contributed by atoms with E-state index in [9.17, 15) is 0 Å². The molecule has 0 fully saturated rings. The molecule has 2 rings (SSSR count). The Morgan fingerprint density at radius 1 is 1.50 bits per heavy atom. The van der Waals surface area contributed by atoms with Crippen molar-refractivity contribution < 1.29 is 0 Å². The van der Waals surface area contributed by atoms with Crippen LogP contribution in [0.1, 0.15) is 30.1 Å². The molecule has 1 unspecified atom stereocenters. The van der Waals surface area contributed by atoms with Gasteiger partial charge in [-0.05, 0) is 41.0 Å². The van der Waals surface area contributed by atoms with Gasteiger partial charge in [0.15, 0.2) is 0 Å². The van der Waals surface area contributed by atoms with Crippen LogP contribution >= 0.6 is 27.3 Å². The first-order valence-electron chi connectivity index (χ1n) is 6.15. The number of aromatic nitrogens is 2. The average molecular weight is 328 g/mol. The monoisotopic (exact) mass is 327 g/mol. The molecule has 2 aromatic rings. The van der Waals surface area contributed by atoms with Gasteiger partial charge >= 0.3 is 0 Å². The molecule has 5 heteroatoms. The highest BCUT2D eigenvalue weighted by molar-refractivity contribution is 9.11. The van der Waals surface area contributed by atoms with E-state index < -0.39 is 0 Å². The van der Waals surface area contributed by atoms with E-state index in [2.05, 4.69) is 49.9 Å². The van der Waals surface area contributed by atoms with Gasteiger partial charge in [-0.1, -0.05) is 6.92 Å². The molecule has 0 aliphatic heterocycles. The van der Waals surface area contributed by atoms with Crippen LogP contribution in [0.5, 0.6) is 0 Å². The van der Waals surface area contributed by atoms with E-state index >= 15 is 0 Å². The molecule has 18 heavy (non-hydrogen) atoms. The summed E-state index contributed by atoms with van der Waals surface area (Å²) < 4.78 is 3.28. The molecular formula is C13H18BrN3S. The van der Waals surface area contributed by atoms with E-state index in [0.29, 0.717) is 6.04 Å². The number of rotatable bonds is 6. The first-order valence-corrected chi connectivity index (χ1v) is 7.76.